The summed E-state index contributed by atoms with van der Waals surface area (Å²) in [7, 11) is 1.60. The number of rotatable bonds is 5. The molecule has 1 fully saturated rings. The molecule has 0 N–H and O–H groups in total. The number of pyridine rings is 1. The predicted molar refractivity (Wildman–Crippen MR) is 101 cm³/mol. The van der Waals surface area contributed by atoms with Gasteiger partial charge in [-0.25, -0.2) is 4.98 Å². The van der Waals surface area contributed by atoms with Gasteiger partial charge in [0.1, 0.15) is 17.4 Å². The summed E-state index contributed by atoms with van der Waals surface area (Å²) in [4.78, 5) is 33.3. The number of anilines is 1. The van der Waals surface area contributed by atoms with Crippen molar-refractivity contribution < 1.29 is 19.1 Å². The lowest BCUT2D eigenvalue weighted by atomic mass is 10.1. The molecular weight excluding hydrogens is 346 g/mol. The number of nitrogens with zero attached hydrogens (tertiary/aromatic N) is 3. The van der Waals surface area contributed by atoms with Crippen molar-refractivity contribution in [2.45, 2.75) is 19.9 Å². The summed E-state index contributed by atoms with van der Waals surface area (Å²) in [6, 6.07) is 10.1. The third-order valence-corrected chi connectivity index (χ3v) is 4.58. The first-order valence-corrected chi connectivity index (χ1v) is 8.91. The minimum atomic E-state index is -0.581. The lowest BCUT2D eigenvalue weighted by molar-refractivity contribution is -0.124. The number of methoxy groups -OCH3 is 1. The molecule has 3 rings (SSSR count). The standard InChI is InChI=1S/C20H23N3O4/c1-4-27-18-17(6-5-11-21-18)20(25)22-12-13-23(19(24)14(22)2)15-7-9-16(26-3)10-8-15/h5-11,14H,4,12-13H2,1-3H3/t14-/m1/s1. The molecule has 0 unspecified atom stereocenters. The first-order chi connectivity index (χ1) is 13.1. The van der Waals surface area contributed by atoms with E-state index >= 15 is 0 Å². The molecule has 0 spiro atoms. The van der Waals surface area contributed by atoms with Gasteiger partial charge in [-0.1, -0.05) is 0 Å². The molecule has 27 heavy (non-hydrogen) atoms. The van der Waals surface area contributed by atoms with Crippen LogP contribution in [-0.2, 0) is 4.79 Å². The number of ether oxygens (including phenoxy) is 2. The van der Waals surface area contributed by atoms with Gasteiger partial charge in [-0.2, -0.15) is 0 Å². The number of carbonyl (C=O) groups is 2. The van der Waals surface area contributed by atoms with Crippen LogP contribution in [0.4, 0.5) is 5.69 Å². The second-order valence-electron chi connectivity index (χ2n) is 6.15. The maximum Gasteiger partial charge on any atom is 0.260 e. The highest BCUT2D eigenvalue weighted by molar-refractivity contribution is 6.04. The van der Waals surface area contributed by atoms with Crippen LogP contribution in [0.2, 0.25) is 0 Å². The number of benzene rings is 1. The van der Waals surface area contributed by atoms with Crippen molar-refractivity contribution in [2.24, 2.45) is 0 Å². The normalized spacial score (nSPS) is 17.0. The molecule has 1 atom stereocenters. The minimum Gasteiger partial charge on any atom is -0.497 e. The summed E-state index contributed by atoms with van der Waals surface area (Å²) in [6.45, 7) is 4.84. The molecule has 7 heteroatoms. The molecular formula is C20H23N3O4. The Morgan fingerprint density at radius 2 is 1.96 bits per heavy atom. The maximum absolute atomic E-state index is 13.0. The molecule has 142 valence electrons. The summed E-state index contributed by atoms with van der Waals surface area (Å²) in [5, 5.41) is 0. The minimum absolute atomic E-state index is 0.124. The second-order valence-corrected chi connectivity index (χ2v) is 6.15. The van der Waals surface area contributed by atoms with E-state index in [9.17, 15) is 9.59 Å². The molecule has 1 saturated heterocycles. The average molecular weight is 369 g/mol. The van der Waals surface area contributed by atoms with Crippen molar-refractivity contribution in [1.29, 1.82) is 0 Å². The van der Waals surface area contributed by atoms with Crippen molar-refractivity contribution in [3.8, 4) is 11.6 Å². The Morgan fingerprint density at radius 3 is 2.63 bits per heavy atom. The highest BCUT2D eigenvalue weighted by atomic mass is 16.5. The van der Waals surface area contributed by atoms with Crippen LogP contribution in [0.15, 0.2) is 42.6 Å². The summed E-state index contributed by atoms with van der Waals surface area (Å²) >= 11 is 0. The third-order valence-electron chi connectivity index (χ3n) is 4.58. The van der Waals surface area contributed by atoms with Gasteiger partial charge in [-0.15, -0.1) is 0 Å². The summed E-state index contributed by atoms with van der Waals surface area (Å²) in [5.74, 6) is 0.652. The van der Waals surface area contributed by atoms with Gasteiger partial charge in [0, 0.05) is 25.0 Å². The van der Waals surface area contributed by atoms with Gasteiger partial charge in [-0.05, 0) is 50.2 Å². The monoisotopic (exact) mass is 369 g/mol. The fraction of sp³-hybridized carbons (Fsp3) is 0.350. The van der Waals surface area contributed by atoms with E-state index in [1.807, 2.05) is 31.2 Å². The summed E-state index contributed by atoms with van der Waals surface area (Å²) < 4.78 is 10.6. The lowest BCUT2D eigenvalue weighted by Gasteiger charge is -2.39. The van der Waals surface area contributed by atoms with Crippen LogP contribution in [0.1, 0.15) is 24.2 Å². The van der Waals surface area contributed by atoms with E-state index in [-0.39, 0.29) is 11.8 Å². The van der Waals surface area contributed by atoms with Crippen LogP contribution in [0.5, 0.6) is 11.6 Å². The van der Waals surface area contributed by atoms with Crippen molar-refractivity contribution in [3.05, 3.63) is 48.2 Å². The number of hydrogen-bond donors (Lipinski definition) is 0. The van der Waals surface area contributed by atoms with E-state index in [1.165, 1.54) is 0 Å². The first kappa shape index (κ1) is 18.7. The molecule has 0 aliphatic carbocycles. The smallest absolute Gasteiger partial charge is 0.260 e. The lowest BCUT2D eigenvalue weighted by Crippen LogP contribution is -2.57. The van der Waals surface area contributed by atoms with Gasteiger partial charge in [0.05, 0.1) is 13.7 Å². The summed E-state index contributed by atoms with van der Waals surface area (Å²) in [6.07, 6.45) is 1.58. The number of aromatic nitrogens is 1. The molecule has 1 aliphatic rings. The van der Waals surface area contributed by atoms with Crippen molar-refractivity contribution in [2.75, 3.05) is 31.7 Å². The quantitative estimate of drug-likeness (QED) is 0.809. The average Bonchev–Trinajstić information content (AvgIpc) is 2.70. The van der Waals surface area contributed by atoms with Crippen LogP contribution >= 0.6 is 0 Å². The van der Waals surface area contributed by atoms with Gasteiger partial charge < -0.3 is 19.3 Å². The van der Waals surface area contributed by atoms with E-state index < -0.39 is 6.04 Å². The first-order valence-electron chi connectivity index (χ1n) is 8.91. The molecule has 2 amide bonds. The predicted octanol–water partition coefficient (Wildman–Crippen LogP) is 2.37. The number of carbonyl (C=O) groups excluding carboxylic acids is 2. The Bertz CT molecular complexity index is 822. The van der Waals surface area contributed by atoms with Crippen LogP contribution in [0.3, 0.4) is 0 Å². The van der Waals surface area contributed by atoms with E-state index in [0.29, 0.717) is 31.1 Å². The SMILES string of the molecule is CCOc1ncccc1C(=O)N1CCN(c2ccc(OC)cc2)C(=O)[C@H]1C. The van der Waals surface area contributed by atoms with E-state index in [0.717, 1.165) is 11.4 Å². The summed E-state index contributed by atoms with van der Waals surface area (Å²) in [5.41, 5.74) is 1.16. The molecule has 1 aromatic carbocycles. The van der Waals surface area contributed by atoms with Crippen LogP contribution in [0, 0.1) is 0 Å². The molecule has 0 bridgehead atoms. The number of hydrogen-bond acceptors (Lipinski definition) is 5. The van der Waals surface area contributed by atoms with Crippen LogP contribution in [0.25, 0.3) is 0 Å². The Balaban J connectivity index is 1.79. The van der Waals surface area contributed by atoms with Crippen molar-refractivity contribution in [1.82, 2.24) is 9.88 Å². The molecule has 7 nitrogen and oxygen atoms in total. The Labute approximate surface area is 158 Å². The Kier molecular flexibility index (Phi) is 5.59. The van der Waals surface area contributed by atoms with Gasteiger partial charge in [0.2, 0.25) is 11.8 Å². The zero-order valence-electron chi connectivity index (χ0n) is 15.7. The van der Waals surface area contributed by atoms with Crippen molar-refractivity contribution >= 4 is 17.5 Å². The molecule has 1 aliphatic heterocycles. The molecule has 1 aromatic heterocycles. The number of amides is 2. The number of piperazine rings is 1. The van der Waals surface area contributed by atoms with Gasteiger partial charge >= 0.3 is 0 Å². The topological polar surface area (TPSA) is 72.0 Å². The van der Waals surface area contributed by atoms with Gasteiger partial charge in [0.25, 0.3) is 5.91 Å². The molecule has 2 heterocycles. The van der Waals surface area contributed by atoms with Gasteiger partial charge in [-0.3, -0.25) is 9.59 Å². The van der Waals surface area contributed by atoms with Crippen LogP contribution in [-0.4, -0.2) is 54.5 Å². The third kappa shape index (κ3) is 3.72. The fourth-order valence-electron chi connectivity index (χ4n) is 3.13. The van der Waals surface area contributed by atoms with E-state index in [1.54, 1.807) is 42.2 Å². The van der Waals surface area contributed by atoms with E-state index in [2.05, 4.69) is 4.98 Å². The van der Waals surface area contributed by atoms with Crippen LogP contribution < -0.4 is 14.4 Å². The highest BCUT2D eigenvalue weighted by Gasteiger charge is 2.36. The largest absolute Gasteiger partial charge is 0.497 e. The fourth-order valence-corrected chi connectivity index (χ4v) is 3.13. The zero-order chi connectivity index (χ0) is 19.4. The molecule has 2 aromatic rings. The zero-order valence-corrected chi connectivity index (χ0v) is 15.7. The molecule has 0 radical (unpaired) electrons. The Morgan fingerprint density at radius 1 is 1.22 bits per heavy atom. The second kappa shape index (κ2) is 8.07. The maximum atomic E-state index is 13.0. The Hall–Kier alpha value is -3.09. The highest BCUT2D eigenvalue weighted by Crippen LogP contribution is 2.25. The van der Waals surface area contributed by atoms with Crippen molar-refractivity contribution in [3.63, 3.8) is 0 Å². The van der Waals surface area contributed by atoms with E-state index in [4.69, 9.17) is 9.47 Å². The van der Waals surface area contributed by atoms with Gasteiger partial charge in [0.15, 0.2) is 0 Å². The molecule has 0 saturated carbocycles.